The first kappa shape index (κ1) is 13.8. The molecule has 2 N–H and O–H groups in total. The lowest BCUT2D eigenvalue weighted by atomic mass is 10.3. The molecular formula is C8H5BrF5NO2. The summed E-state index contributed by atoms with van der Waals surface area (Å²) in [6, 6.07) is 1.55. The predicted octanol–water partition coefficient (Wildman–Crippen LogP) is 3.53. The smallest absolute Gasteiger partial charge is 0.431 e. The molecule has 9 heteroatoms. The van der Waals surface area contributed by atoms with Gasteiger partial charge in [-0.25, -0.2) is 0 Å². The van der Waals surface area contributed by atoms with Gasteiger partial charge in [0.25, 0.3) is 0 Å². The van der Waals surface area contributed by atoms with Crippen molar-refractivity contribution in [3.8, 4) is 11.5 Å². The van der Waals surface area contributed by atoms with Crippen LogP contribution in [0.2, 0.25) is 0 Å². The minimum Gasteiger partial charge on any atom is -0.431 e. The van der Waals surface area contributed by atoms with Gasteiger partial charge in [-0.3, -0.25) is 0 Å². The van der Waals surface area contributed by atoms with Gasteiger partial charge in [-0.05, 0) is 22.0 Å². The first-order valence-electron chi connectivity index (χ1n) is 3.98. The van der Waals surface area contributed by atoms with Crippen molar-refractivity contribution < 1.29 is 31.4 Å². The molecule has 0 spiro atoms. The second-order valence-corrected chi connectivity index (χ2v) is 3.60. The lowest BCUT2D eigenvalue weighted by Gasteiger charge is -2.13. The summed E-state index contributed by atoms with van der Waals surface area (Å²) in [5, 5.41) is 0. The van der Waals surface area contributed by atoms with Crippen molar-refractivity contribution in [2.45, 2.75) is 13.0 Å². The summed E-state index contributed by atoms with van der Waals surface area (Å²) in [5.74, 6) is -1.09. The third kappa shape index (κ3) is 4.25. The van der Waals surface area contributed by atoms with E-state index in [9.17, 15) is 22.0 Å². The van der Waals surface area contributed by atoms with Crippen molar-refractivity contribution in [2.24, 2.45) is 0 Å². The standard InChI is InChI=1S/C8H5BrF5NO2/c9-4-1-3(17-8(12,13)14)2-5(15)6(4)16-7(10)11/h1-2,7H,15H2. The van der Waals surface area contributed by atoms with Gasteiger partial charge in [-0.2, -0.15) is 8.78 Å². The molecule has 1 aromatic carbocycles. The predicted molar refractivity (Wildman–Crippen MR) is 51.9 cm³/mol. The van der Waals surface area contributed by atoms with E-state index in [2.05, 4.69) is 25.4 Å². The first-order valence-corrected chi connectivity index (χ1v) is 4.78. The largest absolute Gasteiger partial charge is 0.573 e. The zero-order valence-electron chi connectivity index (χ0n) is 7.89. The van der Waals surface area contributed by atoms with Crippen LogP contribution in [0.3, 0.4) is 0 Å². The lowest BCUT2D eigenvalue weighted by Crippen LogP contribution is -2.17. The number of nitrogen functional groups attached to an aromatic ring is 1. The molecule has 1 aromatic rings. The van der Waals surface area contributed by atoms with Crippen LogP contribution in [0.25, 0.3) is 0 Å². The van der Waals surface area contributed by atoms with Crippen LogP contribution in [0.1, 0.15) is 0 Å². The molecular weight excluding hydrogens is 317 g/mol. The summed E-state index contributed by atoms with van der Waals surface area (Å²) in [6.45, 7) is -3.14. The number of hydrogen-bond donors (Lipinski definition) is 1. The van der Waals surface area contributed by atoms with Crippen LogP contribution in [-0.4, -0.2) is 13.0 Å². The molecule has 3 nitrogen and oxygen atoms in total. The van der Waals surface area contributed by atoms with Gasteiger partial charge in [-0.1, -0.05) is 0 Å². The highest BCUT2D eigenvalue weighted by atomic mass is 79.9. The molecule has 0 aliphatic rings. The van der Waals surface area contributed by atoms with E-state index < -0.39 is 30.2 Å². The molecule has 1 rings (SSSR count). The van der Waals surface area contributed by atoms with Crippen LogP contribution >= 0.6 is 15.9 Å². The van der Waals surface area contributed by atoms with E-state index in [1.807, 2.05) is 0 Å². The van der Waals surface area contributed by atoms with E-state index in [-0.39, 0.29) is 4.47 Å². The van der Waals surface area contributed by atoms with Crippen LogP contribution in [0.4, 0.5) is 27.6 Å². The number of benzene rings is 1. The van der Waals surface area contributed by atoms with Gasteiger partial charge in [0.2, 0.25) is 0 Å². The van der Waals surface area contributed by atoms with E-state index in [4.69, 9.17) is 5.73 Å². The minimum absolute atomic E-state index is 0.169. The summed E-state index contributed by atoms with van der Waals surface area (Å²) < 4.78 is 67.0. The normalized spacial score (nSPS) is 11.7. The molecule has 0 aromatic heterocycles. The fraction of sp³-hybridized carbons (Fsp3) is 0.250. The van der Waals surface area contributed by atoms with Gasteiger partial charge in [0, 0.05) is 6.07 Å². The number of hydrogen-bond acceptors (Lipinski definition) is 3. The third-order valence-electron chi connectivity index (χ3n) is 1.49. The lowest BCUT2D eigenvalue weighted by molar-refractivity contribution is -0.274. The molecule has 0 saturated heterocycles. The molecule has 0 unspecified atom stereocenters. The molecule has 0 bridgehead atoms. The fourth-order valence-electron chi connectivity index (χ4n) is 0.995. The summed E-state index contributed by atoms with van der Waals surface area (Å²) in [6.07, 6.45) is -4.89. The van der Waals surface area contributed by atoms with E-state index in [0.717, 1.165) is 12.1 Å². The van der Waals surface area contributed by atoms with Crippen molar-refractivity contribution in [1.29, 1.82) is 0 Å². The van der Waals surface area contributed by atoms with Crippen LogP contribution in [-0.2, 0) is 0 Å². The third-order valence-corrected chi connectivity index (χ3v) is 2.08. The van der Waals surface area contributed by atoms with Crippen molar-refractivity contribution in [3.63, 3.8) is 0 Å². The Hall–Kier alpha value is -1.25. The average Bonchev–Trinajstić information content (AvgIpc) is 2.08. The quantitative estimate of drug-likeness (QED) is 0.684. The van der Waals surface area contributed by atoms with E-state index in [1.54, 1.807) is 0 Å². The Morgan fingerprint density at radius 2 is 1.82 bits per heavy atom. The second-order valence-electron chi connectivity index (χ2n) is 2.75. The zero-order valence-corrected chi connectivity index (χ0v) is 9.48. The van der Waals surface area contributed by atoms with Gasteiger partial charge < -0.3 is 15.2 Å². The number of rotatable bonds is 3. The molecule has 0 fully saturated rings. The molecule has 0 aliphatic carbocycles. The van der Waals surface area contributed by atoms with E-state index >= 15 is 0 Å². The molecule has 0 heterocycles. The Kier molecular flexibility index (Phi) is 4.02. The van der Waals surface area contributed by atoms with Crippen LogP contribution in [0.15, 0.2) is 16.6 Å². The second kappa shape index (κ2) is 4.94. The highest BCUT2D eigenvalue weighted by Gasteiger charge is 2.31. The summed E-state index contributed by atoms with van der Waals surface area (Å²) in [5.41, 5.74) is 4.85. The Bertz CT molecular complexity index is 386. The Balaban J connectivity index is 3.01. The number of halogens is 6. The minimum atomic E-state index is -4.89. The maximum atomic E-state index is 11.9. The van der Waals surface area contributed by atoms with E-state index in [1.165, 1.54) is 0 Å². The summed E-state index contributed by atoms with van der Waals surface area (Å²) in [7, 11) is 0. The fourth-order valence-corrected chi connectivity index (χ4v) is 1.54. The highest BCUT2D eigenvalue weighted by Crippen LogP contribution is 2.38. The van der Waals surface area contributed by atoms with Gasteiger partial charge in [-0.15, -0.1) is 13.2 Å². The maximum absolute atomic E-state index is 11.9. The summed E-state index contributed by atoms with van der Waals surface area (Å²) >= 11 is 2.75. The van der Waals surface area contributed by atoms with Gasteiger partial charge in [0.1, 0.15) is 5.75 Å². The average molecular weight is 322 g/mol. The molecule has 0 radical (unpaired) electrons. The zero-order chi connectivity index (χ0) is 13.2. The first-order chi connectivity index (χ1) is 7.69. The molecule has 0 atom stereocenters. The van der Waals surface area contributed by atoms with E-state index in [0.29, 0.717) is 0 Å². The molecule has 96 valence electrons. The Morgan fingerprint density at radius 1 is 1.24 bits per heavy atom. The Morgan fingerprint density at radius 3 is 2.24 bits per heavy atom. The monoisotopic (exact) mass is 321 g/mol. The van der Waals surface area contributed by atoms with Crippen molar-refractivity contribution in [3.05, 3.63) is 16.6 Å². The molecule has 0 amide bonds. The molecule has 17 heavy (non-hydrogen) atoms. The maximum Gasteiger partial charge on any atom is 0.573 e. The number of anilines is 1. The van der Waals surface area contributed by atoms with Crippen molar-refractivity contribution >= 4 is 21.6 Å². The van der Waals surface area contributed by atoms with Crippen LogP contribution in [0, 0.1) is 0 Å². The Labute approximate surface area is 100 Å². The topological polar surface area (TPSA) is 44.5 Å². The molecule has 0 saturated carbocycles. The van der Waals surface area contributed by atoms with Gasteiger partial charge in [0.05, 0.1) is 10.2 Å². The number of nitrogens with two attached hydrogens (primary N) is 1. The van der Waals surface area contributed by atoms with Crippen LogP contribution in [0.5, 0.6) is 11.5 Å². The number of ether oxygens (including phenoxy) is 2. The summed E-state index contributed by atoms with van der Waals surface area (Å²) in [4.78, 5) is 0. The van der Waals surface area contributed by atoms with Crippen molar-refractivity contribution in [1.82, 2.24) is 0 Å². The number of alkyl halides is 5. The van der Waals surface area contributed by atoms with Crippen LogP contribution < -0.4 is 15.2 Å². The SMILES string of the molecule is Nc1cc(OC(F)(F)F)cc(Br)c1OC(F)F. The molecule has 0 aliphatic heterocycles. The van der Waals surface area contributed by atoms with Gasteiger partial charge in [0.15, 0.2) is 5.75 Å². The highest BCUT2D eigenvalue weighted by molar-refractivity contribution is 9.10. The van der Waals surface area contributed by atoms with Gasteiger partial charge >= 0.3 is 13.0 Å². The van der Waals surface area contributed by atoms with Crippen molar-refractivity contribution in [2.75, 3.05) is 5.73 Å².